The van der Waals surface area contributed by atoms with E-state index >= 15 is 0 Å². The Hall–Kier alpha value is 0.0600. The molecule has 0 bridgehead atoms. The maximum Gasteiger partial charge on any atom is 0.145 e. The molecule has 0 fully saturated rings. The van der Waals surface area contributed by atoms with Crippen LogP contribution >= 0.6 is 54.8 Å². The molecule has 2 aromatic rings. The maximum atomic E-state index is 14.0. The zero-order valence-electron chi connectivity index (χ0n) is 10.7. The van der Waals surface area contributed by atoms with Crippen molar-refractivity contribution in [1.29, 1.82) is 0 Å². The predicted octanol–water partition coefficient (Wildman–Crippen LogP) is 5.96. The van der Waals surface area contributed by atoms with E-state index in [1.54, 1.807) is 29.5 Å². The van der Waals surface area contributed by atoms with Gasteiger partial charge in [-0.05, 0) is 68.1 Å². The van der Waals surface area contributed by atoms with Crippen molar-refractivity contribution in [1.82, 2.24) is 5.32 Å². The van der Waals surface area contributed by atoms with Gasteiger partial charge in [0.15, 0.2) is 0 Å². The molecule has 0 aliphatic carbocycles. The molecule has 1 N–H and O–H groups in total. The third-order valence-electron chi connectivity index (χ3n) is 2.96. The van der Waals surface area contributed by atoms with E-state index in [0.29, 0.717) is 12.0 Å². The van der Waals surface area contributed by atoms with E-state index in [2.05, 4.69) is 43.2 Å². The van der Waals surface area contributed by atoms with Crippen LogP contribution < -0.4 is 5.32 Å². The van der Waals surface area contributed by atoms with Gasteiger partial charge < -0.3 is 5.32 Å². The first kappa shape index (κ1) is 16.4. The highest BCUT2D eigenvalue weighted by Crippen LogP contribution is 2.37. The second-order valence-electron chi connectivity index (χ2n) is 4.31. The van der Waals surface area contributed by atoms with Gasteiger partial charge in [-0.25, -0.2) is 4.39 Å². The first-order valence-corrected chi connectivity index (χ1v) is 8.92. The van der Waals surface area contributed by atoms with Crippen LogP contribution in [0.1, 0.15) is 24.1 Å². The van der Waals surface area contributed by atoms with Crippen LogP contribution in [0, 0.1) is 5.82 Å². The maximum absolute atomic E-state index is 14.0. The topological polar surface area (TPSA) is 12.0 Å². The van der Waals surface area contributed by atoms with E-state index in [1.807, 2.05) is 6.92 Å². The molecule has 0 spiro atoms. The summed E-state index contributed by atoms with van der Waals surface area (Å²) in [6, 6.07) is 7.23. The average molecular weight is 442 g/mol. The molecule has 0 aliphatic heterocycles. The van der Waals surface area contributed by atoms with Crippen molar-refractivity contribution >= 4 is 54.8 Å². The van der Waals surface area contributed by atoms with Crippen LogP contribution in [0.3, 0.4) is 0 Å². The van der Waals surface area contributed by atoms with Crippen LogP contribution in [0.2, 0.25) is 5.02 Å². The number of nitrogens with one attached hydrogen (secondary N) is 1. The van der Waals surface area contributed by atoms with Gasteiger partial charge in [0, 0.05) is 6.04 Å². The zero-order chi connectivity index (χ0) is 14.7. The number of rotatable bonds is 5. The lowest BCUT2D eigenvalue weighted by molar-refractivity contribution is 0.528. The van der Waals surface area contributed by atoms with Crippen molar-refractivity contribution in [2.24, 2.45) is 0 Å². The number of likely N-dealkylation sites (N-methyl/N-ethyl adjacent to an activating group) is 1. The summed E-state index contributed by atoms with van der Waals surface area (Å²) in [5, 5.41) is 3.56. The van der Waals surface area contributed by atoms with Crippen LogP contribution in [0.25, 0.3) is 0 Å². The highest BCUT2D eigenvalue weighted by molar-refractivity contribution is 9.12. The van der Waals surface area contributed by atoms with Crippen molar-refractivity contribution < 1.29 is 4.39 Å². The van der Waals surface area contributed by atoms with Gasteiger partial charge in [0.2, 0.25) is 0 Å². The van der Waals surface area contributed by atoms with E-state index in [9.17, 15) is 4.39 Å². The second-order valence-corrected chi connectivity index (χ2v) is 8.46. The van der Waals surface area contributed by atoms with Crippen molar-refractivity contribution in [2.45, 2.75) is 19.4 Å². The lowest BCUT2D eigenvalue weighted by Crippen LogP contribution is -2.23. The number of benzene rings is 1. The Morgan fingerprint density at radius 3 is 2.75 bits per heavy atom. The molecular formula is C14H13Br2ClFNS. The number of halogens is 4. The van der Waals surface area contributed by atoms with E-state index in [1.165, 1.54) is 0 Å². The van der Waals surface area contributed by atoms with E-state index in [0.717, 1.165) is 19.7 Å². The highest BCUT2D eigenvalue weighted by Gasteiger charge is 2.19. The third kappa shape index (κ3) is 3.83. The van der Waals surface area contributed by atoms with Gasteiger partial charge in [-0.1, -0.05) is 30.7 Å². The molecule has 1 aromatic carbocycles. The molecular weight excluding hydrogens is 428 g/mol. The summed E-state index contributed by atoms with van der Waals surface area (Å²) in [6.45, 7) is 2.85. The summed E-state index contributed by atoms with van der Waals surface area (Å²) in [7, 11) is 0. The fourth-order valence-corrected chi connectivity index (χ4v) is 5.22. The Morgan fingerprint density at radius 1 is 1.40 bits per heavy atom. The summed E-state index contributed by atoms with van der Waals surface area (Å²) < 4.78 is 16.1. The molecule has 20 heavy (non-hydrogen) atoms. The quantitative estimate of drug-likeness (QED) is 0.604. The van der Waals surface area contributed by atoms with Crippen LogP contribution in [0.4, 0.5) is 4.39 Å². The minimum Gasteiger partial charge on any atom is -0.310 e. The molecule has 1 heterocycles. The van der Waals surface area contributed by atoms with Gasteiger partial charge in [0.25, 0.3) is 0 Å². The Labute approximate surface area is 143 Å². The normalized spacial score (nSPS) is 12.7. The first-order valence-electron chi connectivity index (χ1n) is 6.14. The van der Waals surface area contributed by atoms with Crippen LogP contribution in [0.15, 0.2) is 31.8 Å². The van der Waals surface area contributed by atoms with E-state index in [4.69, 9.17) is 11.6 Å². The van der Waals surface area contributed by atoms with Crippen LogP contribution in [-0.2, 0) is 6.42 Å². The molecule has 1 unspecified atom stereocenters. The van der Waals surface area contributed by atoms with Crippen LogP contribution in [-0.4, -0.2) is 6.54 Å². The first-order chi connectivity index (χ1) is 9.52. The van der Waals surface area contributed by atoms with Gasteiger partial charge in [-0.15, -0.1) is 11.3 Å². The van der Waals surface area contributed by atoms with E-state index < -0.39 is 0 Å². The molecule has 0 aliphatic rings. The van der Waals surface area contributed by atoms with E-state index in [-0.39, 0.29) is 16.9 Å². The minimum absolute atomic E-state index is 0.0462. The van der Waals surface area contributed by atoms with Crippen molar-refractivity contribution in [3.05, 3.63) is 53.8 Å². The Balaban J connectivity index is 2.30. The summed E-state index contributed by atoms with van der Waals surface area (Å²) in [5.74, 6) is -0.331. The molecule has 1 atom stereocenters. The van der Waals surface area contributed by atoms with Crippen molar-refractivity contribution in [3.63, 3.8) is 0 Å². The zero-order valence-corrected chi connectivity index (χ0v) is 15.5. The molecule has 0 radical (unpaired) electrons. The van der Waals surface area contributed by atoms with Gasteiger partial charge in [0.05, 0.1) is 12.6 Å². The minimum atomic E-state index is -0.331. The molecule has 0 saturated carbocycles. The molecule has 2 rings (SSSR count). The summed E-state index contributed by atoms with van der Waals surface area (Å²) in [4.78, 5) is 0. The smallest absolute Gasteiger partial charge is 0.145 e. The van der Waals surface area contributed by atoms with Crippen molar-refractivity contribution in [3.8, 4) is 0 Å². The molecule has 0 saturated heterocycles. The number of hydrogen-bond acceptors (Lipinski definition) is 2. The highest BCUT2D eigenvalue weighted by atomic mass is 79.9. The van der Waals surface area contributed by atoms with Crippen LogP contribution in [0.5, 0.6) is 0 Å². The van der Waals surface area contributed by atoms with Gasteiger partial charge in [-0.3, -0.25) is 0 Å². The Kier molecular flexibility index (Phi) is 6.05. The molecule has 1 nitrogen and oxygen atoms in total. The second kappa shape index (κ2) is 7.36. The fraction of sp³-hybridized carbons (Fsp3) is 0.286. The summed E-state index contributed by atoms with van der Waals surface area (Å²) in [5.41, 5.74) is 1.75. The summed E-state index contributed by atoms with van der Waals surface area (Å²) >= 11 is 14.5. The SMILES string of the molecule is CCNC(Cc1cccc(Cl)c1F)c1cc(Br)sc1Br. The number of hydrogen-bond donors (Lipinski definition) is 1. The van der Waals surface area contributed by atoms with Gasteiger partial charge in [0.1, 0.15) is 5.82 Å². The molecule has 108 valence electrons. The van der Waals surface area contributed by atoms with Gasteiger partial charge in [-0.2, -0.15) is 0 Å². The molecule has 0 amide bonds. The molecule has 1 aromatic heterocycles. The largest absolute Gasteiger partial charge is 0.310 e. The standard InChI is InChI=1S/C14H13Br2ClFNS/c1-2-19-11(9-7-12(15)20-14(9)16)6-8-4-3-5-10(17)13(8)18/h3-5,7,11,19H,2,6H2,1H3. The Bertz CT molecular complexity index is 603. The average Bonchev–Trinajstić information content (AvgIpc) is 2.73. The lowest BCUT2D eigenvalue weighted by atomic mass is 10.0. The lowest BCUT2D eigenvalue weighted by Gasteiger charge is -2.18. The molecule has 6 heteroatoms. The van der Waals surface area contributed by atoms with Gasteiger partial charge >= 0.3 is 0 Å². The fourth-order valence-electron chi connectivity index (χ4n) is 2.06. The van der Waals surface area contributed by atoms with Crippen molar-refractivity contribution in [2.75, 3.05) is 6.54 Å². The summed E-state index contributed by atoms with van der Waals surface area (Å²) in [6.07, 6.45) is 0.558. The monoisotopic (exact) mass is 439 g/mol. The number of thiophene rings is 1. The third-order valence-corrected chi connectivity index (χ3v) is 5.64. The predicted molar refractivity (Wildman–Crippen MR) is 91.3 cm³/mol. The Morgan fingerprint density at radius 2 is 2.15 bits per heavy atom.